The predicted molar refractivity (Wildman–Crippen MR) is 110 cm³/mol. The maximum absolute atomic E-state index is 12.4. The summed E-state index contributed by atoms with van der Waals surface area (Å²) in [5.74, 6) is 1.01. The quantitative estimate of drug-likeness (QED) is 0.584. The SMILES string of the molecule is Cc1noc(C)c1-c1cc(-c2c(C(C)C)nn(C)c2C)c2c(c1)[nH]c(=O)n2C. The first-order chi connectivity index (χ1) is 13.2. The van der Waals surface area contributed by atoms with Gasteiger partial charge in [-0.15, -0.1) is 0 Å². The van der Waals surface area contributed by atoms with Crippen LogP contribution in [0.4, 0.5) is 0 Å². The maximum atomic E-state index is 12.4. The molecule has 0 amide bonds. The minimum atomic E-state index is -0.139. The molecule has 146 valence electrons. The molecule has 1 N–H and O–H groups in total. The number of nitrogens with one attached hydrogen (secondary N) is 1. The molecule has 0 radical (unpaired) electrons. The van der Waals surface area contributed by atoms with Crippen molar-refractivity contribution in [2.45, 2.75) is 40.5 Å². The van der Waals surface area contributed by atoms with Crippen LogP contribution in [-0.2, 0) is 14.1 Å². The fourth-order valence-corrected chi connectivity index (χ4v) is 3.99. The monoisotopic (exact) mass is 379 g/mol. The number of fused-ring (bicyclic) bond motifs is 1. The molecule has 28 heavy (non-hydrogen) atoms. The van der Waals surface area contributed by atoms with Gasteiger partial charge in [0.15, 0.2) is 0 Å². The van der Waals surface area contributed by atoms with Gasteiger partial charge in [-0.2, -0.15) is 5.10 Å². The summed E-state index contributed by atoms with van der Waals surface area (Å²) in [6, 6.07) is 4.12. The Morgan fingerprint density at radius 2 is 1.82 bits per heavy atom. The van der Waals surface area contributed by atoms with E-state index in [1.54, 1.807) is 11.6 Å². The molecule has 0 bridgehead atoms. The van der Waals surface area contributed by atoms with Crippen molar-refractivity contribution in [3.63, 3.8) is 0 Å². The van der Waals surface area contributed by atoms with E-state index in [-0.39, 0.29) is 11.6 Å². The largest absolute Gasteiger partial charge is 0.361 e. The van der Waals surface area contributed by atoms with Crippen molar-refractivity contribution in [1.82, 2.24) is 24.5 Å². The van der Waals surface area contributed by atoms with Crippen molar-refractivity contribution in [2.75, 3.05) is 0 Å². The second kappa shape index (κ2) is 6.22. The molecule has 0 fully saturated rings. The molecule has 0 aliphatic rings. The summed E-state index contributed by atoms with van der Waals surface area (Å²) in [5, 5.41) is 8.84. The number of imidazole rings is 1. The van der Waals surface area contributed by atoms with Gasteiger partial charge in [0.25, 0.3) is 0 Å². The highest BCUT2D eigenvalue weighted by Gasteiger charge is 2.23. The van der Waals surface area contributed by atoms with Crippen LogP contribution in [0.5, 0.6) is 0 Å². The third kappa shape index (κ3) is 2.53. The molecule has 0 spiro atoms. The third-order valence-electron chi connectivity index (χ3n) is 5.49. The highest BCUT2D eigenvalue weighted by molar-refractivity contribution is 5.97. The van der Waals surface area contributed by atoms with Crippen molar-refractivity contribution >= 4 is 11.0 Å². The number of aryl methyl sites for hydroxylation is 4. The summed E-state index contributed by atoms with van der Waals surface area (Å²) in [7, 11) is 3.75. The second-order valence-electron chi connectivity index (χ2n) is 7.73. The highest BCUT2D eigenvalue weighted by atomic mass is 16.5. The van der Waals surface area contributed by atoms with E-state index >= 15 is 0 Å². The highest BCUT2D eigenvalue weighted by Crippen LogP contribution is 2.39. The van der Waals surface area contributed by atoms with E-state index in [1.165, 1.54) is 0 Å². The molecule has 0 saturated carbocycles. The van der Waals surface area contributed by atoms with E-state index in [0.717, 1.165) is 56.1 Å². The fourth-order valence-electron chi connectivity index (χ4n) is 3.99. The lowest BCUT2D eigenvalue weighted by atomic mass is 9.93. The van der Waals surface area contributed by atoms with Crippen LogP contribution in [0.3, 0.4) is 0 Å². The zero-order valence-corrected chi connectivity index (χ0v) is 17.3. The number of aromatic nitrogens is 5. The Bertz CT molecular complexity index is 1250. The van der Waals surface area contributed by atoms with Gasteiger partial charge in [0.1, 0.15) is 5.76 Å². The van der Waals surface area contributed by atoms with Gasteiger partial charge in [0, 0.05) is 36.5 Å². The predicted octanol–water partition coefficient (Wildman–Crippen LogP) is 3.97. The van der Waals surface area contributed by atoms with Crippen LogP contribution in [-0.4, -0.2) is 24.5 Å². The van der Waals surface area contributed by atoms with Crippen molar-refractivity contribution < 1.29 is 4.52 Å². The minimum Gasteiger partial charge on any atom is -0.361 e. The van der Waals surface area contributed by atoms with Crippen LogP contribution < -0.4 is 5.69 Å². The van der Waals surface area contributed by atoms with Gasteiger partial charge >= 0.3 is 5.69 Å². The molecule has 3 heterocycles. The van der Waals surface area contributed by atoms with Gasteiger partial charge in [-0.25, -0.2) is 4.79 Å². The molecule has 0 atom stereocenters. The fraction of sp³-hybridized carbons (Fsp3) is 0.381. The van der Waals surface area contributed by atoms with Crippen molar-refractivity contribution in [3.05, 3.63) is 45.5 Å². The zero-order chi connectivity index (χ0) is 20.3. The second-order valence-corrected chi connectivity index (χ2v) is 7.73. The molecule has 1 aromatic carbocycles. The normalized spacial score (nSPS) is 11.9. The summed E-state index contributed by atoms with van der Waals surface area (Å²) in [6.45, 7) is 10.2. The Morgan fingerprint density at radius 1 is 1.11 bits per heavy atom. The minimum absolute atomic E-state index is 0.139. The summed E-state index contributed by atoms with van der Waals surface area (Å²) in [6.07, 6.45) is 0. The Hall–Kier alpha value is -3.09. The van der Waals surface area contributed by atoms with E-state index in [4.69, 9.17) is 9.62 Å². The van der Waals surface area contributed by atoms with Crippen LogP contribution in [0.25, 0.3) is 33.3 Å². The zero-order valence-electron chi connectivity index (χ0n) is 17.3. The maximum Gasteiger partial charge on any atom is 0.326 e. The van der Waals surface area contributed by atoms with Crippen molar-refractivity contribution in [1.29, 1.82) is 0 Å². The Labute approximate surface area is 163 Å². The number of nitrogens with zero attached hydrogens (tertiary/aromatic N) is 4. The Morgan fingerprint density at radius 3 is 2.43 bits per heavy atom. The van der Waals surface area contributed by atoms with Gasteiger partial charge in [-0.3, -0.25) is 9.25 Å². The average molecular weight is 379 g/mol. The molecular formula is C21H25N5O2. The molecule has 3 aromatic heterocycles. The van der Waals surface area contributed by atoms with Crippen molar-refractivity contribution in [3.8, 4) is 22.3 Å². The molecule has 4 aromatic rings. The number of hydrogen-bond donors (Lipinski definition) is 1. The van der Waals surface area contributed by atoms with E-state index in [9.17, 15) is 4.79 Å². The summed E-state index contributed by atoms with van der Waals surface area (Å²) >= 11 is 0. The average Bonchev–Trinajstić information content (AvgIpc) is 3.22. The van der Waals surface area contributed by atoms with E-state index in [2.05, 4.69) is 37.0 Å². The number of hydrogen-bond acceptors (Lipinski definition) is 4. The Kier molecular flexibility index (Phi) is 4.06. The first-order valence-corrected chi connectivity index (χ1v) is 9.40. The van der Waals surface area contributed by atoms with Gasteiger partial charge in [-0.05, 0) is 44.4 Å². The summed E-state index contributed by atoms with van der Waals surface area (Å²) < 4.78 is 8.95. The van der Waals surface area contributed by atoms with Crippen LogP contribution in [0.2, 0.25) is 0 Å². The van der Waals surface area contributed by atoms with E-state index in [0.29, 0.717) is 0 Å². The number of benzene rings is 1. The number of aromatic amines is 1. The van der Waals surface area contributed by atoms with Gasteiger partial charge in [0.05, 0.1) is 22.4 Å². The smallest absolute Gasteiger partial charge is 0.326 e. The third-order valence-corrected chi connectivity index (χ3v) is 5.49. The molecule has 7 heteroatoms. The van der Waals surface area contributed by atoms with Crippen LogP contribution in [0.15, 0.2) is 21.5 Å². The lowest BCUT2D eigenvalue weighted by molar-refractivity contribution is 0.393. The van der Waals surface area contributed by atoms with Gasteiger partial charge < -0.3 is 9.51 Å². The molecular weight excluding hydrogens is 354 g/mol. The van der Waals surface area contributed by atoms with Crippen LogP contribution in [0.1, 0.15) is 42.6 Å². The standard InChI is InChI=1S/C21H25N5O2/c1-10(2)19-18(12(4)26(7)23-19)15-8-14(17-11(3)24-28-13(17)5)9-16-20(15)25(6)21(27)22-16/h8-10H,1-7H3,(H,22,27). The topological polar surface area (TPSA) is 81.6 Å². The van der Waals surface area contributed by atoms with E-state index in [1.807, 2.05) is 31.6 Å². The molecule has 4 rings (SSSR count). The first kappa shape index (κ1) is 18.3. The number of rotatable bonds is 3. The van der Waals surface area contributed by atoms with Gasteiger partial charge in [0.2, 0.25) is 0 Å². The summed E-state index contributed by atoms with van der Waals surface area (Å²) in [5.41, 5.74) is 8.43. The van der Waals surface area contributed by atoms with Gasteiger partial charge in [-0.1, -0.05) is 19.0 Å². The van der Waals surface area contributed by atoms with Crippen molar-refractivity contribution in [2.24, 2.45) is 14.1 Å². The van der Waals surface area contributed by atoms with Crippen LogP contribution in [0, 0.1) is 20.8 Å². The van der Waals surface area contributed by atoms with E-state index < -0.39 is 0 Å². The lowest BCUT2D eigenvalue weighted by Gasteiger charge is -2.12. The molecule has 7 nitrogen and oxygen atoms in total. The lowest BCUT2D eigenvalue weighted by Crippen LogP contribution is -2.12. The Balaban J connectivity index is 2.16. The molecule has 0 aliphatic heterocycles. The molecule has 0 aliphatic carbocycles. The van der Waals surface area contributed by atoms with Crippen LogP contribution >= 0.6 is 0 Å². The molecule has 0 saturated heterocycles. The molecule has 0 unspecified atom stereocenters. The first-order valence-electron chi connectivity index (χ1n) is 9.40. The summed E-state index contributed by atoms with van der Waals surface area (Å²) in [4.78, 5) is 15.4. The number of H-pyrrole nitrogens is 1.